The second-order valence-electron chi connectivity index (χ2n) is 4.75. The van der Waals surface area contributed by atoms with Gasteiger partial charge in [-0.25, -0.2) is 4.99 Å². The standard InChI is InChI=1S/C14H19N3S/c1-10-6-4-7-11(2)13(10)16-14(18)15-12-8-5-9-17(12)3/h4,6-7H,5,8-9H2,1-3H3,(H,16,18). The summed E-state index contributed by atoms with van der Waals surface area (Å²) in [6.07, 6.45) is 2.19. The predicted molar refractivity (Wildman–Crippen MR) is 81.4 cm³/mol. The van der Waals surface area contributed by atoms with Gasteiger partial charge in [-0.2, -0.15) is 0 Å². The molecule has 1 aliphatic heterocycles. The van der Waals surface area contributed by atoms with E-state index in [9.17, 15) is 0 Å². The Kier molecular flexibility index (Phi) is 3.97. The highest BCUT2D eigenvalue weighted by Crippen LogP contribution is 2.20. The van der Waals surface area contributed by atoms with E-state index in [0.29, 0.717) is 5.11 Å². The van der Waals surface area contributed by atoms with Crippen molar-refractivity contribution in [3.63, 3.8) is 0 Å². The maximum absolute atomic E-state index is 5.32. The lowest BCUT2D eigenvalue weighted by Gasteiger charge is -2.14. The fraction of sp³-hybridized carbons (Fsp3) is 0.429. The third kappa shape index (κ3) is 2.88. The lowest BCUT2D eigenvalue weighted by atomic mass is 10.1. The van der Waals surface area contributed by atoms with Gasteiger partial charge in [-0.05, 0) is 43.6 Å². The van der Waals surface area contributed by atoms with E-state index in [0.717, 1.165) is 24.5 Å². The van der Waals surface area contributed by atoms with Crippen LogP contribution < -0.4 is 5.32 Å². The summed E-state index contributed by atoms with van der Waals surface area (Å²) in [5.74, 6) is 1.08. The van der Waals surface area contributed by atoms with Crippen LogP contribution in [0.25, 0.3) is 0 Å². The first-order valence-electron chi connectivity index (χ1n) is 6.24. The lowest BCUT2D eigenvalue weighted by Crippen LogP contribution is -2.21. The average molecular weight is 261 g/mol. The highest BCUT2D eigenvalue weighted by Gasteiger charge is 2.14. The lowest BCUT2D eigenvalue weighted by molar-refractivity contribution is 0.550. The van der Waals surface area contributed by atoms with Gasteiger partial charge < -0.3 is 10.2 Å². The number of benzene rings is 1. The van der Waals surface area contributed by atoms with E-state index in [-0.39, 0.29) is 0 Å². The van der Waals surface area contributed by atoms with E-state index in [1.54, 1.807) is 0 Å². The zero-order valence-electron chi connectivity index (χ0n) is 11.2. The monoisotopic (exact) mass is 261 g/mol. The van der Waals surface area contributed by atoms with Crippen molar-refractivity contribution in [2.75, 3.05) is 18.9 Å². The fourth-order valence-corrected chi connectivity index (χ4v) is 2.41. The Hall–Kier alpha value is -1.42. The van der Waals surface area contributed by atoms with Crippen LogP contribution in [0.4, 0.5) is 5.69 Å². The van der Waals surface area contributed by atoms with Gasteiger partial charge in [0.15, 0.2) is 5.11 Å². The Labute approximate surface area is 114 Å². The molecule has 18 heavy (non-hydrogen) atoms. The number of para-hydroxylation sites is 1. The molecule has 2 rings (SSSR count). The van der Waals surface area contributed by atoms with Crippen molar-refractivity contribution in [3.05, 3.63) is 29.3 Å². The molecule has 0 spiro atoms. The summed E-state index contributed by atoms with van der Waals surface area (Å²) in [7, 11) is 2.06. The minimum atomic E-state index is 0.552. The minimum absolute atomic E-state index is 0.552. The highest BCUT2D eigenvalue weighted by molar-refractivity contribution is 7.80. The number of hydrogen-bond acceptors (Lipinski definition) is 1. The highest BCUT2D eigenvalue weighted by atomic mass is 32.1. The van der Waals surface area contributed by atoms with Gasteiger partial charge in [0, 0.05) is 25.7 Å². The smallest absolute Gasteiger partial charge is 0.198 e. The van der Waals surface area contributed by atoms with Gasteiger partial charge in [-0.15, -0.1) is 0 Å². The summed E-state index contributed by atoms with van der Waals surface area (Å²) < 4.78 is 0. The number of thiocarbonyl (C=S) groups is 1. The van der Waals surface area contributed by atoms with E-state index in [1.807, 2.05) is 0 Å². The van der Waals surface area contributed by atoms with Crippen LogP contribution in [0.2, 0.25) is 0 Å². The number of aliphatic imine (C=N–C) groups is 1. The molecule has 0 bridgehead atoms. The van der Waals surface area contributed by atoms with Gasteiger partial charge in [0.05, 0.1) is 0 Å². The molecule has 1 heterocycles. The Bertz CT molecular complexity index is 474. The fourth-order valence-electron chi connectivity index (χ4n) is 2.20. The number of hydrogen-bond donors (Lipinski definition) is 1. The van der Waals surface area contributed by atoms with Crippen LogP contribution >= 0.6 is 12.2 Å². The van der Waals surface area contributed by atoms with Crippen molar-refractivity contribution in [2.45, 2.75) is 26.7 Å². The van der Waals surface area contributed by atoms with E-state index < -0.39 is 0 Å². The van der Waals surface area contributed by atoms with E-state index in [2.05, 4.69) is 54.3 Å². The normalized spacial score (nSPS) is 17.3. The number of likely N-dealkylation sites (tertiary alicyclic amines) is 1. The van der Waals surface area contributed by atoms with Crippen LogP contribution in [0.15, 0.2) is 23.2 Å². The Morgan fingerprint density at radius 2 is 2.00 bits per heavy atom. The molecule has 0 amide bonds. The summed E-state index contributed by atoms with van der Waals surface area (Å²) in [4.78, 5) is 6.66. The predicted octanol–water partition coefficient (Wildman–Crippen LogP) is 3.12. The van der Waals surface area contributed by atoms with Crippen molar-refractivity contribution >= 4 is 28.9 Å². The summed E-state index contributed by atoms with van der Waals surface area (Å²) >= 11 is 5.32. The van der Waals surface area contributed by atoms with Gasteiger partial charge in [0.1, 0.15) is 5.84 Å². The zero-order chi connectivity index (χ0) is 13.1. The molecule has 1 aromatic carbocycles. The number of rotatable bonds is 1. The summed E-state index contributed by atoms with van der Waals surface area (Å²) in [5.41, 5.74) is 3.46. The van der Waals surface area contributed by atoms with E-state index in [4.69, 9.17) is 12.2 Å². The Balaban J connectivity index is 2.12. The van der Waals surface area contributed by atoms with E-state index in [1.165, 1.54) is 17.5 Å². The summed E-state index contributed by atoms with van der Waals surface area (Å²) in [6, 6.07) is 6.20. The molecule has 96 valence electrons. The molecule has 0 saturated carbocycles. The number of nitrogens with one attached hydrogen (secondary N) is 1. The Morgan fingerprint density at radius 1 is 1.33 bits per heavy atom. The Morgan fingerprint density at radius 3 is 2.56 bits per heavy atom. The molecule has 1 N–H and O–H groups in total. The molecule has 0 atom stereocenters. The largest absolute Gasteiger partial charge is 0.363 e. The molecule has 3 nitrogen and oxygen atoms in total. The number of amidine groups is 1. The maximum Gasteiger partial charge on any atom is 0.198 e. The van der Waals surface area contributed by atoms with Crippen molar-refractivity contribution < 1.29 is 0 Å². The van der Waals surface area contributed by atoms with Crippen LogP contribution in [0.3, 0.4) is 0 Å². The van der Waals surface area contributed by atoms with E-state index >= 15 is 0 Å². The average Bonchev–Trinajstić information content (AvgIpc) is 2.70. The van der Waals surface area contributed by atoms with Crippen LogP contribution in [0.5, 0.6) is 0 Å². The second kappa shape index (κ2) is 5.48. The molecular formula is C14H19N3S. The van der Waals surface area contributed by atoms with Crippen molar-refractivity contribution in [1.29, 1.82) is 0 Å². The van der Waals surface area contributed by atoms with Crippen LogP contribution in [0.1, 0.15) is 24.0 Å². The van der Waals surface area contributed by atoms with Crippen LogP contribution in [-0.4, -0.2) is 29.4 Å². The topological polar surface area (TPSA) is 27.6 Å². The molecule has 0 radical (unpaired) electrons. The van der Waals surface area contributed by atoms with Crippen LogP contribution in [-0.2, 0) is 0 Å². The number of aryl methyl sites for hydroxylation is 2. The van der Waals surface area contributed by atoms with Gasteiger partial charge in [0.2, 0.25) is 0 Å². The number of nitrogens with zero attached hydrogens (tertiary/aromatic N) is 2. The molecule has 0 unspecified atom stereocenters. The van der Waals surface area contributed by atoms with Gasteiger partial charge >= 0.3 is 0 Å². The molecular weight excluding hydrogens is 242 g/mol. The zero-order valence-corrected chi connectivity index (χ0v) is 12.0. The first kappa shape index (κ1) is 13.0. The first-order valence-corrected chi connectivity index (χ1v) is 6.64. The first-order chi connectivity index (χ1) is 8.58. The molecule has 4 heteroatoms. The van der Waals surface area contributed by atoms with Crippen LogP contribution in [0, 0.1) is 13.8 Å². The SMILES string of the molecule is Cc1cccc(C)c1NC(=S)N=C1CCCN1C. The molecule has 1 aromatic rings. The maximum atomic E-state index is 5.32. The second-order valence-corrected chi connectivity index (χ2v) is 5.14. The van der Waals surface area contributed by atoms with Crippen molar-refractivity contribution in [3.8, 4) is 0 Å². The third-order valence-corrected chi connectivity index (χ3v) is 3.47. The molecule has 0 aliphatic carbocycles. The minimum Gasteiger partial charge on any atom is -0.363 e. The van der Waals surface area contributed by atoms with Gasteiger partial charge in [-0.3, -0.25) is 0 Å². The van der Waals surface area contributed by atoms with Crippen molar-refractivity contribution in [1.82, 2.24) is 4.90 Å². The van der Waals surface area contributed by atoms with Gasteiger partial charge in [-0.1, -0.05) is 18.2 Å². The third-order valence-electron chi connectivity index (χ3n) is 3.28. The quantitative estimate of drug-likeness (QED) is 0.787. The van der Waals surface area contributed by atoms with Gasteiger partial charge in [0.25, 0.3) is 0 Å². The molecule has 0 aromatic heterocycles. The summed E-state index contributed by atoms with van der Waals surface area (Å²) in [5, 5.41) is 3.80. The number of anilines is 1. The molecule has 1 saturated heterocycles. The molecule has 1 fully saturated rings. The van der Waals surface area contributed by atoms with Crippen molar-refractivity contribution in [2.24, 2.45) is 4.99 Å². The summed E-state index contributed by atoms with van der Waals surface area (Å²) in [6.45, 7) is 5.23. The molecule has 1 aliphatic rings.